The van der Waals surface area contributed by atoms with Gasteiger partial charge in [0.15, 0.2) is 0 Å². The van der Waals surface area contributed by atoms with Crippen molar-refractivity contribution in [1.82, 2.24) is 14.5 Å². The first-order chi connectivity index (χ1) is 13.8. The molecule has 9 heteroatoms. The van der Waals surface area contributed by atoms with Crippen LogP contribution in [0.2, 0.25) is 5.02 Å². The Morgan fingerprint density at radius 3 is 2.41 bits per heavy atom. The highest BCUT2D eigenvalue weighted by molar-refractivity contribution is 7.89. The summed E-state index contributed by atoms with van der Waals surface area (Å²) >= 11 is 5.91. The fourth-order valence-electron chi connectivity index (χ4n) is 3.23. The SMILES string of the molecule is CC(NC(=O)CN1CCN(S(=O)(=O)c2cccc(Cl)c2)CC1)c1ccc(F)cc1. The second-order valence-corrected chi connectivity index (χ2v) is 9.35. The van der Waals surface area contributed by atoms with Gasteiger partial charge in [0.05, 0.1) is 17.5 Å². The van der Waals surface area contributed by atoms with Gasteiger partial charge < -0.3 is 5.32 Å². The first kappa shape index (κ1) is 21.7. The van der Waals surface area contributed by atoms with Crippen LogP contribution in [0.25, 0.3) is 0 Å². The second-order valence-electron chi connectivity index (χ2n) is 6.98. The lowest BCUT2D eigenvalue weighted by atomic mass is 10.1. The van der Waals surface area contributed by atoms with Crippen LogP contribution in [0.4, 0.5) is 4.39 Å². The molecule has 2 aromatic rings. The normalized spacial score (nSPS) is 17.1. The maximum Gasteiger partial charge on any atom is 0.243 e. The Bertz CT molecular complexity index is 961. The van der Waals surface area contributed by atoms with Gasteiger partial charge in [-0.05, 0) is 42.8 Å². The number of piperazine rings is 1. The van der Waals surface area contributed by atoms with Crippen LogP contribution < -0.4 is 5.32 Å². The van der Waals surface area contributed by atoms with E-state index in [1.165, 1.54) is 28.6 Å². The molecule has 156 valence electrons. The third kappa shape index (κ3) is 5.54. The molecule has 0 radical (unpaired) electrons. The van der Waals surface area contributed by atoms with Crippen molar-refractivity contribution >= 4 is 27.5 Å². The molecule has 0 bridgehead atoms. The third-order valence-electron chi connectivity index (χ3n) is 4.88. The van der Waals surface area contributed by atoms with E-state index in [4.69, 9.17) is 11.6 Å². The molecule has 0 saturated carbocycles. The van der Waals surface area contributed by atoms with Crippen LogP contribution >= 0.6 is 11.6 Å². The molecule has 1 N–H and O–H groups in total. The summed E-state index contributed by atoms with van der Waals surface area (Å²) in [4.78, 5) is 14.4. The summed E-state index contributed by atoms with van der Waals surface area (Å²) in [6.07, 6.45) is 0. The zero-order valence-electron chi connectivity index (χ0n) is 16.0. The Hall–Kier alpha value is -2.00. The molecule has 6 nitrogen and oxygen atoms in total. The number of amides is 1. The van der Waals surface area contributed by atoms with Crippen LogP contribution in [-0.2, 0) is 14.8 Å². The average Bonchev–Trinajstić information content (AvgIpc) is 2.68. The van der Waals surface area contributed by atoms with Crippen molar-refractivity contribution in [2.24, 2.45) is 0 Å². The molecule has 1 atom stereocenters. The van der Waals surface area contributed by atoms with Crippen molar-refractivity contribution in [3.63, 3.8) is 0 Å². The number of sulfonamides is 1. The van der Waals surface area contributed by atoms with Crippen LogP contribution in [0.15, 0.2) is 53.4 Å². The molecule has 1 fully saturated rings. The van der Waals surface area contributed by atoms with Crippen LogP contribution in [0.5, 0.6) is 0 Å². The van der Waals surface area contributed by atoms with Gasteiger partial charge in [-0.15, -0.1) is 0 Å². The molecule has 1 heterocycles. The van der Waals surface area contributed by atoms with E-state index in [0.717, 1.165) is 5.56 Å². The number of rotatable bonds is 6. The highest BCUT2D eigenvalue weighted by atomic mass is 35.5. The Morgan fingerprint density at radius 1 is 1.14 bits per heavy atom. The van der Waals surface area contributed by atoms with E-state index in [1.807, 2.05) is 11.8 Å². The number of nitrogens with zero attached hydrogens (tertiary/aromatic N) is 2. The molecule has 0 spiro atoms. The molecule has 0 aromatic heterocycles. The largest absolute Gasteiger partial charge is 0.348 e. The smallest absolute Gasteiger partial charge is 0.243 e. The van der Waals surface area contributed by atoms with Crippen molar-refractivity contribution in [3.05, 3.63) is 64.9 Å². The zero-order valence-corrected chi connectivity index (χ0v) is 17.6. The van der Waals surface area contributed by atoms with Gasteiger partial charge in [0, 0.05) is 31.2 Å². The van der Waals surface area contributed by atoms with Crippen molar-refractivity contribution < 1.29 is 17.6 Å². The van der Waals surface area contributed by atoms with Gasteiger partial charge in [0.25, 0.3) is 0 Å². The average molecular weight is 440 g/mol. The molecule has 29 heavy (non-hydrogen) atoms. The second kappa shape index (κ2) is 9.21. The summed E-state index contributed by atoms with van der Waals surface area (Å²) in [6, 6.07) is 12.0. The number of carbonyl (C=O) groups is 1. The van der Waals surface area contributed by atoms with Crippen molar-refractivity contribution in [1.29, 1.82) is 0 Å². The number of hydrogen-bond acceptors (Lipinski definition) is 4. The lowest BCUT2D eigenvalue weighted by molar-refractivity contribution is -0.123. The lowest BCUT2D eigenvalue weighted by Crippen LogP contribution is -2.51. The van der Waals surface area contributed by atoms with Gasteiger partial charge in [-0.3, -0.25) is 9.69 Å². The third-order valence-corrected chi connectivity index (χ3v) is 7.01. The number of benzene rings is 2. The summed E-state index contributed by atoms with van der Waals surface area (Å²) in [5.41, 5.74) is 0.817. The number of halogens is 2. The maximum absolute atomic E-state index is 13.0. The Morgan fingerprint density at radius 2 is 1.79 bits per heavy atom. The highest BCUT2D eigenvalue weighted by Crippen LogP contribution is 2.21. The molecule has 1 aliphatic rings. The molecule has 1 aliphatic heterocycles. The van der Waals surface area contributed by atoms with E-state index in [9.17, 15) is 17.6 Å². The van der Waals surface area contributed by atoms with Gasteiger partial charge in [-0.1, -0.05) is 29.8 Å². The number of nitrogens with one attached hydrogen (secondary N) is 1. The summed E-state index contributed by atoms with van der Waals surface area (Å²) in [7, 11) is -3.60. The number of carbonyl (C=O) groups excluding carboxylic acids is 1. The molecule has 1 unspecified atom stereocenters. The first-order valence-corrected chi connectivity index (χ1v) is 11.1. The zero-order chi connectivity index (χ0) is 21.0. The summed E-state index contributed by atoms with van der Waals surface area (Å²) < 4.78 is 39.9. The van der Waals surface area contributed by atoms with E-state index in [-0.39, 0.29) is 29.2 Å². The Kier molecular flexibility index (Phi) is 6.89. The van der Waals surface area contributed by atoms with E-state index >= 15 is 0 Å². The molecule has 1 amide bonds. The van der Waals surface area contributed by atoms with Gasteiger partial charge in [0.2, 0.25) is 15.9 Å². The molecular formula is C20H23ClFN3O3S. The van der Waals surface area contributed by atoms with Gasteiger partial charge in [0.1, 0.15) is 5.82 Å². The maximum atomic E-state index is 13.0. The predicted molar refractivity (Wildman–Crippen MR) is 110 cm³/mol. The number of hydrogen-bond donors (Lipinski definition) is 1. The van der Waals surface area contributed by atoms with Gasteiger partial charge in [-0.2, -0.15) is 4.31 Å². The van der Waals surface area contributed by atoms with E-state index in [1.54, 1.807) is 24.3 Å². The summed E-state index contributed by atoms with van der Waals surface area (Å²) in [5, 5.41) is 3.26. The van der Waals surface area contributed by atoms with Crippen LogP contribution in [0.1, 0.15) is 18.5 Å². The fraction of sp³-hybridized carbons (Fsp3) is 0.350. The van der Waals surface area contributed by atoms with Crippen LogP contribution in [0.3, 0.4) is 0 Å². The van der Waals surface area contributed by atoms with E-state index < -0.39 is 10.0 Å². The van der Waals surface area contributed by atoms with Crippen LogP contribution in [-0.4, -0.2) is 56.3 Å². The monoisotopic (exact) mass is 439 g/mol. The molecule has 0 aliphatic carbocycles. The van der Waals surface area contributed by atoms with E-state index in [2.05, 4.69) is 5.32 Å². The van der Waals surface area contributed by atoms with Crippen LogP contribution in [0, 0.1) is 5.82 Å². The minimum atomic E-state index is -3.60. The van der Waals surface area contributed by atoms with Crippen molar-refractivity contribution in [2.75, 3.05) is 32.7 Å². The summed E-state index contributed by atoms with van der Waals surface area (Å²) in [5.74, 6) is -0.481. The minimum Gasteiger partial charge on any atom is -0.348 e. The van der Waals surface area contributed by atoms with Gasteiger partial charge >= 0.3 is 0 Å². The first-order valence-electron chi connectivity index (χ1n) is 9.28. The highest BCUT2D eigenvalue weighted by Gasteiger charge is 2.29. The quantitative estimate of drug-likeness (QED) is 0.751. The Labute approximate surface area is 175 Å². The van der Waals surface area contributed by atoms with E-state index in [0.29, 0.717) is 31.2 Å². The molecule has 1 saturated heterocycles. The molecule has 2 aromatic carbocycles. The molecule has 3 rings (SSSR count). The summed E-state index contributed by atoms with van der Waals surface area (Å²) in [6.45, 7) is 3.53. The molecular weight excluding hydrogens is 417 g/mol. The van der Waals surface area contributed by atoms with Gasteiger partial charge in [-0.25, -0.2) is 12.8 Å². The van der Waals surface area contributed by atoms with Crippen molar-refractivity contribution in [3.8, 4) is 0 Å². The minimum absolute atomic E-state index is 0.159. The van der Waals surface area contributed by atoms with Crippen molar-refractivity contribution in [2.45, 2.75) is 17.9 Å². The standard InChI is InChI=1S/C20H23ClFN3O3S/c1-15(16-5-7-18(22)8-6-16)23-20(26)14-24-9-11-25(12-10-24)29(27,28)19-4-2-3-17(21)13-19/h2-8,13,15H,9-12,14H2,1H3,(H,23,26). The fourth-order valence-corrected chi connectivity index (χ4v) is 4.95. The topological polar surface area (TPSA) is 69.7 Å². The Balaban J connectivity index is 1.51. The predicted octanol–water partition coefficient (Wildman–Crippen LogP) is 2.66. The lowest BCUT2D eigenvalue weighted by Gasteiger charge is -2.33.